The SMILES string of the molecule is COc1cc(C=C[N+](=O)[O-])ccc1OC(=O)c1ccccc1. The first-order valence-corrected chi connectivity index (χ1v) is 6.37. The van der Waals surface area contributed by atoms with Crippen molar-refractivity contribution >= 4 is 12.0 Å². The Morgan fingerprint density at radius 1 is 1.14 bits per heavy atom. The van der Waals surface area contributed by atoms with Crippen LogP contribution in [0, 0.1) is 10.1 Å². The Hall–Kier alpha value is -3.15. The zero-order chi connectivity index (χ0) is 15.9. The fraction of sp³-hybridized carbons (Fsp3) is 0.0625. The maximum Gasteiger partial charge on any atom is 0.343 e. The van der Waals surface area contributed by atoms with E-state index in [0.29, 0.717) is 16.9 Å². The third-order valence-electron chi connectivity index (χ3n) is 2.79. The van der Waals surface area contributed by atoms with Gasteiger partial charge in [-0.25, -0.2) is 4.79 Å². The molecule has 0 heterocycles. The van der Waals surface area contributed by atoms with Gasteiger partial charge in [0.2, 0.25) is 6.20 Å². The molecule has 0 fully saturated rings. The van der Waals surface area contributed by atoms with E-state index in [9.17, 15) is 14.9 Å². The van der Waals surface area contributed by atoms with E-state index in [0.717, 1.165) is 6.20 Å². The third-order valence-corrected chi connectivity index (χ3v) is 2.79. The van der Waals surface area contributed by atoms with Crippen molar-refractivity contribution in [3.8, 4) is 11.5 Å². The first-order chi connectivity index (χ1) is 10.6. The molecule has 0 aliphatic rings. The number of esters is 1. The quantitative estimate of drug-likeness (QED) is 0.367. The van der Waals surface area contributed by atoms with Gasteiger partial charge in [0, 0.05) is 6.08 Å². The number of carbonyl (C=O) groups is 1. The van der Waals surface area contributed by atoms with Crippen LogP contribution in [0.25, 0.3) is 6.08 Å². The predicted octanol–water partition coefficient (Wildman–Crippen LogP) is 3.16. The second-order valence-electron chi connectivity index (χ2n) is 4.27. The van der Waals surface area contributed by atoms with Crippen LogP contribution < -0.4 is 9.47 Å². The monoisotopic (exact) mass is 299 g/mol. The molecule has 0 aliphatic carbocycles. The summed E-state index contributed by atoms with van der Waals surface area (Å²) < 4.78 is 10.4. The van der Waals surface area contributed by atoms with Crippen LogP contribution in [-0.4, -0.2) is 18.0 Å². The molecule has 6 heteroatoms. The van der Waals surface area contributed by atoms with Gasteiger partial charge in [0.1, 0.15) is 0 Å². The molecule has 0 saturated carbocycles. The Morgan fingerprint density at radius 2 is 1.86 bits per heavy atom. The number of methoxy groups -OCH3 is 1. The summed E-state index contributed by atoms with van der Waals surface area (Å²) in [6.07, 6.45) is 2.15. The van der Waals surface area contributed by atoms with Crippen LogP contribution in [0.3, 0.4) is 0 Å². The van der Waals surface area contributed by atoms with E-state index >= 15 is 0 Å². The van der Waals surface area contributed by atoms with E-state index < -0.39 is 10.9 Å². The Kier molecular flexibility index (Phi) is 4.87. The topological polar surface area (TPSA) is 78.7 Å². The zero-order valence-electron chi connectivity index (χ0n) is 11.8. The molecule has 0 aromatic heterocycles. The maximum absolute atomic E-state index is 12.0. The molecule has 6 nitrogen and oxygen atoms in total. The lowest BCUT2D eigenvalue weighted by atomic mass is 10.2. The minimum atomic E-state index is -0.560. The van der Waals surface area contributed by atoms with E-state index in [1.807, 2.05) is 0 Å². The molecule has 112 valence electrons. The molecule has 0 amide bonds. The summed E-state index contributed by atoms with van der Waals surface area (Å²) in [7, 11) is 1.43. The highest BCUT2D eigenvalue weighted by molar-refractivity contribution is 5.91. The molecule has 0 radical (unpaired) electrons. The second kappa shape index (κ2) is 7.03. The van der Waals surface area contributed by atoms with E-state index in [1.54, 1.807) is 42.5 Å². The average Bonchev–Trinajstić information content (AvgIpc) is 2.54. The lowest BCUT2D eigenvalue weighted by Gasteiger charge is -2.09. The van der Waals surface area contributed by atoms with Crippen LogP contribution in [0.2, 0.25) is 0 Å². The number of nitrogens with zero attached hydrogens (tertiary/aromatic N) is 1. The van der Waals surface area contributed by atoms with Crippen molar-refractivity contribution < 1.29 is 19.2 Å². The summed E-state index contributed by atoms with van der Waals surface area (Å²) in [5, 5.41) is 10.3. The van der Waals surface area contributed by atoms with Crippen molar-refractivity contribution in [2.75, 3.05) is 7.11 Å². The fourth-order valence-electron chi connectivity index (χ4n) is 1.75. The molecule has 2 aromatic carbocycles. The van der Waals surface area contributed by atoms with Crippen LogP contribution in [-0.2, 0) is 0 Å². The molecular weight excluding hydrogens is 286 g/mol. The van der Waals surface area contributed by atoms with Gasteiger partial charge in [-0.1, -0.05) is 24.3 Å². The second-order valence-corrected chi connectivity index (χ2v) is 4.27. The summed E-state index contributed by atoms with van der Waals surface area (Å²) in [6.45, 7) is 0. The van der Waals surface area contributed by atoms with Crippen molar-refractivity contribution in [2.45, 2.75) is 0 Å². The summed E-state index contributed by atoms with van der Waals surface area (Å²) >= 11 is 0. The fourth-order valence-corrected chi connectivity index (χ4v) is 1.75. The molecular formula is C16H13NO5. The molecule has 0 N–H and O–H groups in total. The third kappa shape index (κ3) is 3.92. The first-order valence-electron chi connectivity index (χ1n) is 6.37. The highest BCUT2D eigenvalue weighted by Gasteiger charge is 2.12. The summed E-state index contributed by atoms with van der Waals surface area (Å²) in [4.78, 5) is 21.8. The Balaban J connectivity index is 2.21. The Morgan fingerprint density at radius 3 is 2.50 bits per heavy atom. The molecule has 2 rings (SSSR count). The van der Waals surface area contributed by atoms with Crippen LogP contribution in [0.5, 0.6) is 11.5 Å². The molecule has 2 aromatic rings. The minimum absolute atomic E-state index is 0.245. The van der Waals surface area contributed by atoms with Crippen molar-refractivity contribution in [3.63, 3.8) is 0 Å². The van der Waals surface area contributed by atoms with Gasteiger partial charge in [-0.15, -0.1) is 0 Å². The standard InChI is InChI=1S/C16H13NO5/c1-21-15-11-12(9-10-17(19)20)7-8-14(15)22-16(18)13-5-3-2-4-6-13/h2-11H,1H3. The summed E-state index contributed by atoms with van der Waals surface area (Å²) in [6, 6.07) is 13.2. The lowest BCUT2D eigenvalue weighted by Crippen LogP contribution is -2.09. The highest BCUT2D eigenvalue weighted by Crippen LogP contribution is 2.29. The van der Waals surface area contributed by atoms with Crippen LogP contribution in [0.15, 0.2) is 54.7 Å². The number of nitro groups is 1. The minimum Gasteiger partial charge on any atom is -0.493 e. The first kappa shape index (κ1) is 15.2. The smallest absolute Gasteiger partial charge is 0.343 e. The van der Waals surface area contributed by atoms with Crippen LogP contribution in [0.1, 0.15) is 15.9 Å². The zero-order valence-corrected chi connectivity index (χ0v) is 11.8. The molecule has 22 heavy (non-hydrogen) atoms. The van der Waals surface area contributed by atoms with Crippen LogP contribution in [0.4, 0.5) is 0 Å². The van der Waals surface area contributed by atoms with Crippen molar-refractivity contribution in [3.05, 3.63) is 76.0 Å². The van der Waals surface area contributed by atoms with Gasteiger partial charge in [-0.05, 0) is 29.8 Å². The van der Waals surface area contributed by atoms with Gasteiger partial charge in [-0.2, -0.15) is 0 Å². The van der Waals surface area contributed by atoms with E-state index in [1.165, 1.54) is 19.3 Å². The molecule has 0 saturated heterocycles. The predicted molar refractivity (Wildman–Crippen MR) is 80.4 cm³/mol. The number of ether oxygens (including phenoxy) is 2. The molecule has 0 spiro atoms. The van der Waals surface area contributed by atoms with E-state index in [-0.39, 0.29) is 5.75 Å². The Labute approximate surface area is 126 Å². The molecule has 0 aliphatic heterocycles. The van der Waals surface area contributed by atoms with Crippen molar-refractivity contribution in [1.82, 2.24) is 0 Å². The normalized spacial score (nSPS) is 10.4. The van der Waals surface area contributed by atoms with E-state index in [2.05, 4.69) is 0 Å². The number of rotatable bonds is 5. The van der Waals surface area contributed by atoms with Crippen molar-refractivity contribution in [1.29, 1.82) is 0 Å². The van der Waals surface area contributed by atoms with Gasteiger partial charge < -0.3 is 9.47 Å². The largest absolute Gasteiger partial charge is 0.493 e. The number of hydrogen-bond acceptors (Lipinski definition) is 5. The van der Waals surface area contributed by atoms with Gasteiger partial charge in [0.15, 0.2) is 11.5 Å². The molecule has 0 atom stereocenters. The van der Waals surface area contributed by atoms with Gasteiger partial charge in [0.25, 0.3) is 0 Å². The number of carbonyl (C=O) groups excluding carboxylic acids is 1. The Bertz CT molecular complexity index is 710. The van der Waals surface area contributed by atoms with Gasteiger partial charge >= 0.3 is 5.97 Å². The maximum atomic E-state index is 12.0. The highest BCUT2D eigenvalue weighted by atomic mass is 16.6. The summed E-state index contributed by atoms with van der Waals surface area (Å²) in [5.74, 6) is 0.0527. The summed E-state index contributed by atoms with van der Waals surface area (Å²) in [5.41, 5.74) is 0.981. The van der Waals surface area contributed by atoms with Gasteiger partial charge in [-0.3, -0.25) is 10.1 Å². The average molecular weight is 299 g/mol. The number of hydrogen-bond donors (Lipinski definition) is 0. The lowest BCUT2D eigenvalue weighted by molar-refractivity contribution is -0.400. The van der Waals surface area contributed by atoms with Crippen molar-refractivity contribution in [2.24, 2.45) is 0 Å². The molecule has 0 unspecified atom stereocenters. The van der Waals surface area contributed by atoms with E-state index in [4.69, 9.17) is 9.47 Å². The van der Waals surface area contributed by atoms with Crippen LogP contribution >= 0.6 is 0 Å². The number of benzene rings is 2. The van der Waals surface area contributed by atoms with Gasteiger partial charge in [0.05, 0.1) is 17.6 Å². The molecule has 0 bridgehead atoms.